The predicted molar refractivity (Wildman–Crippen MR) is 75.3 cm³/mol. The van der Waals surface area contributed by atoms with E-state index in [9.17, 15) is 0 Å². The molecule has 0 spiro atoms. The highest BCUT2D eigenvalue weighted by Gasteiger charge is 2.36. The summed E-state index contributed by atoms with van der Waals surface area (Å²) in [5, 5.41) is 8.84. The molecule has 2 bridgehead atoms. The lowest BCUT2D eigenvalue weighted by Crippen LogP contribution is -2.54. The van der Waals surface area contributed by atoms with Crippen LogP contribution in [0.4, 0.5) is 0 Å². The number of nitrogens with zero attached hydrogens (tertiary/aromatic N) is 2. The highest BCUT2D eigenvalue weighted by molar-refractivity contribution is 5.31. The van der Waals surface area contributed by atoms with Gasteiger partial charge in [0.2, 0.25) is 0 Å². The Kier molecular flexibility index (Phi) is 3.54. The summed E-state index contributed by atoms with van der Waals surface area (Å²) in [4.78, 5) is 2.65. The van der Waals surface area contributed by atoms with Crippen LogP contribution in [-0.2, 0) is 6.54 Å². The van der Waals surface area contributed by atoms with Crippen molar-refractivity contribution in [2.45, 2.75) is 56.8 Å². The number of piperidine rings is 2. The summed E-state index contributed by atoms with van der Waals surface area (Å²) in [6, 6.07) is 11.9. The average molecular weight is 255 g/mol. The number of hydrogen-bond acceptors (Lipinski definition) is 3. The maximum absolute atomic E-state index is 8.84. The number of fused-ring (bicyclic) bond motifs is 2. The second kappa shape index (κ2) is 5.32. The van der Waals surface area contributed by atoms with Crippen LogP contribution in [0.3, 0.4) is 0 Å². The monoisotopic (exact) mass is 255 g/mol. The van der Waals surface area contributed by atoms with E-state index < -0.39 is 0 Å². The number of nitrogens with two attached hydrogens (primary N) is 1. The molecule has 2 aliphatic heterocycles. The molecule has 0 saturated carbocycles. The third-order valence-electron chi connectivity index (χ3n) is 4.61. The molecular weight excluding hydrogens is 234 g/mol. The van der Waals surface area contributed by atoms with Gasteiger partial charge in [-0.15, -0.1) is 0 Å². The Bertz CT molecular complexity index is 460. The number of hydrogen-bond donors (Lipinski definition) is 1. The molecule has 0 amide bonds. The molecule has 2 unspecified atom stereocenters. The normalized spacial score (nSPS) is 30.8. The molecule has 3 rings (SSSR count). The first-order chi connectivity index (χ1) is 9.26. The van der Waals surface area contributed by atoms with E-state index in [1.807, 2.05) is 12.1 Å². The van der Waals surface area contributed by atoms with Crippen LogP contribution in [0.15, 0.2) is 24.3 Å². The van der Waals surface area contributed by atoms with Crippen LogP contribution in [0.5, 0.6) is 0 Å². The largest absolute Gasteiger partial charge is 0.328 e. The third kappa shape index (κ3) is 2.65. The summed E-state index contributed by atoms with van der Waals surface area (Å²) in [6.45, 7) is 1.01. The fourth-order valence-corrected chi connectivity index (χ4v) is 3.67. The lowest BCUT2D eigenvalue weighted by molar-refractivity contribution is 0.0245. The van der Waals surface area contributed by atoms with Gasteiger partial charge >= 0.3 is 0 Å². The van der Waals surface area contributed by atoms with E-state index >= 15 is 0 Å². The van der Waals surface area contributed by atoms with Crippen molar-refractivity contribution in [2.75, 3.05) is 0 Å². The second-order valence-corrected chi connectivity index (χ2v) is 5.95. The molecule has 1 aromatic rings. The van der Waals surface area contributed by atoms with Crippen LogP contribution in [0.25, 0.3) is 0 Å². The van der Waals surface area contributed by atoms with Gasteiger partial charge in [0.25, 0.3) is 0 Å². The molecular formula is C16H21N3. The Hall–Kier alpha value is -1.37. The van der Waals surface area contributed by atoms with E-state index in [4.69, 9.17) is 11.0 Å². The van der Waals surface area contributed by atoms with Crippen molar-refractivity contribution in [3.63, 3.8) is 0 Å². The molecule has 100 valence electrons. The van der Waals surface area contributed by atoms with E-state index in [0.29, 0.717) is 18.1 Å². The fraction of sp³-hybridized carbons (Fsp3) is 0.562. The van der Waals surface area contributed by atoms with E-state index in [-0.39, 0.29) is 0 Å². The number of nitriles is 1. The topological polar surface area (TPSA) is 53.0 Å². The van der Waals surface area contributed by atoms with Gasteiger partial charge in [-0.3, -0.25) is 4.90 Å². The standard InChI is InChI=1S/C16H21N3/c17-10-12-4-6-13(7-5-12)11-19-15-2-1-3-16(19)9-14(18)8-15/h4-7,14-16H,1-3,8-9,11,18H2. The minimum atomic E-state index is 0.396. The maximum Gasteiger partial charge on any atom is 0.0991 e. The van der Waals surface area contributed by atoms with E-state index in [1.165, 1.54) is 24.8 Å². The zero-order chi connectivity index (χ0) is 13.2. The maximum atomic E-state index is 8.84. The summed E-state index contributed by atoms with van der Waals surface area (Å²) in [5.41, 5.74) is 8.21. The summed E-state index contributed by atoms with van der Waals surface area (Å²) in [6.07, 6.45) is 6.23. The molecule has 2 saturated heterocycles. The zero-order valence-electron chi connectivity index (χ0n) is 11.3. The van der Waals surface area contributed by atoms with Crippen molar-refractivity contribution in [2.24, 2.45) is 5.73 Å². The van der Waals surface area contributed by atoms with Crippen molar-refractivity contribution >= 4 is 0 Å². The molecule has 2 N–H and O–H groups in total. The average Bonchev–Trinajstić information content (AvgIpc) is 2.41. The lowest BCUT2D eigenvalue weighted by atomic mass is 9.82. The molecule has 3 nitrogen and oxygen atoms in total. The lowest BCUT2D eigenvalue weighted by Gasteiger charge is -2.48. The van der Waals surface area contributed by atoms with E-state index in [1.54, 1.807) is 0 Å². The SMILES string of the molecule is N#Cc1ccc(CN2C3CCCC2CC(N)C3)cc1. The number of benzene rings is 1. The molecule has 0 aromatic heterocycles. The van der Waals surface area contributed by atoms with Crippen molar-refractivity contribution < 1.29 is 0 Å². The van der Waals surface area contributed by atoms with Crippen LogP contribution in [0, 0.1) is 11.3 Å². The number of rotatable bonds is 2. The van der Waals surface area contributed by atoms with Crippen molar-refractivity contribution in [3.05, 3.63) is 35.4 Å². The molecule has 2 atom stereocenters. The Balaban J connectivity index is 1.73. The van der Waals surface area contributed by atoms with Gasteiger partial charge < -0.3 is 5.73 Å². The van der Waals surface area contributed by atoms with Crippen molar-refractivity contribution in [1.29, 1.82) is 5.26 Å². The van der Waals surface area contributed by atoms with Gasteiger partial charge in [0.1, 0.15) is 0 Å². The van der Waals surface area contributed by atoms with Crippen molar-refractivity contribution in [3.8, 4) is 6.07 Å². The van der Waals surface area contributed by atoms with Gasteiger partial charge in [-0.2, -0.15) is 5.26 Å². The third-order valence-corrected chi connectivity index (χ3v) is 4.61. The highest BCUT2D eigenvalue weighted by Crippen LogP contribution is 2.34. The van der Waals surface area contributed by atoms with E-state index in [0.717, 1.165) is 24.9 Å². The summed E-state index contributed by atoms with van der Waals surface area (Å²) in [5.74, 6) is 0. The van der Waals surface area contributed by atoms with Crippen molar-refractivity contribution in [1.82, 2.24) is 4.90 Å². The summed E-state index contributed by atoms with van der Waals surface area (Å²) in [7, 11) is 0. The molecule has 0 aliphatic carbocycles. The first kappa shape index (κ1) is 12.7. The van der Waals surface area contributed by atoms with Gasteiger partial charge in [-0.05, 0) is 43.4 Å². The first-order valence-electron chi connectivity index (χ1n) is 7.26. The summed E-state index contributed by atoms with van der Waals surface area (Å²) >= 11 is 0. The quantitative estimate of drug-likeness (QED) is 0.883. The fourth-order valence-electron chi connectivity index (χ4n) is 3.67. The minimum Gasteiger partial charge on any atom is -0.328 e. The molecule has 3 heteroatoms. The molecule has 2 heterocycles. The molecule has 1 aromatic carbocycles. The smallest absolute Gasteiger partial charge is 0.0991 e. The first-order valence-corrected chi connectivity index (χ1v) is 7.26. The Morgan fingerprint density at radius 2 is 1.79 bits per heavy atom. The predicted octanol–water partition coefficient (Wildman–Crippen LogP) is 2.40. The Morgan fingerprint density at radius 1 is 1.16 bits per heavy atom. The highest BCUT2D eigenvalue weighted by atomic mass is 15.2. The Morgan fingerprint density at radius 3 is 2.37 bits per heavy atom. The van der Waals surface area contributed by atoms with E-state index in [2.05, 4.69) is 23.1 Å². The molecule has 2 fully saturated rings. The Labute approximate surface area is 115 Å². The summed E-state index contributed by atoms with van der Waals surface area (Å²) < 4.78 is 0. The van der Waals surface area contributed by atoms with Gasteiger partial charge in [0.15, 0.2) is 0 Å². The van der Waals surface area contributed by atoms with Gasteiger partial charge in [0, 0.05) is 24.7 Å². The zero-order valence-corrected chi connectivity index (χ0v) is 11.3. The minimum absolute atomic E-state index is 0.396. The molecule has 19 heavy (non-hydrogen) atoms. The van der Waals surface area contributed by atoms with Crippen LogP contribution in [0.2, 0.25) is 0 Å². The van der Waals surface area contributed by atoms with Gasteiger partial charge in [-0.1, -0.05) is 18.6 Å². The molecule has 2 aliphatic rings. The molecule has 0 radical (unpaired) electrons. The van der Waals surface area contributed by atoms with Crippen LogP contribution in [0.1, 0.15) is 43.2 Å². The van der Waals surface area contributed by atoms with Crippen LogP contribution in [-0.4, -0.2) is 23.0 Å². The van der Waals surface area contributed by atoms with Crippen LogP contribution < -0.4 is 5.73 Å². The van der Waals surface area contributed by atoms with Gasteiger partial charge in [0.05, 0.1) is 11.6 Å². The van der Waals surface area contributed by atoms with Crippen LogP contribution >= 0.6 is 0 Å². The van der Waals surface area contributed by atoms with Gasteiger partial charge in [-0.25, -0.2) is 0 Å². The second-order valence-electron chi connectivity index (χ2n) is 5.95.